The summed E-state index contributed by atoms with van der Waals surface area (Å²) in [7, 11) is 0. The summed E-state index contributed by atoms with van der Waals surface area (Å²) in [6.45, 7) is 4.51. The molecule has 1 aromatic carbocycles. The Hall–Kier alpha value is -1.39. The van der Waals surface area contributed by atoms with Crippen LogP contribution in [-0.4, -0.2) is 25.2 Å². The fourth-order valence-corrected chi connectivity index (χ4v) is 1.36. The minimum atomic E-state index is -0.134. The zero-order valence-electron chi connectivity index (χ0n) is 10.4. The van der Waals surface area contributed by atoms with E-state index in [4.69, 9.17) is 10.5 Å². The van der Waals surface area contributed by atoms with Crippen LogP contribution in [0.15, 0.2) is 24.3 Å². The lowest BCUT2D eigenvalue weighted by Gasteiger charge is -2.08. The van der Waals surface area contributed by atoms with E-state index in [-0.39, 0.29) is 18.6 Å². The third kappa shape index (κ3) is 5.47. The normalized spacial score (nSPS) is 10.6. The number of nitrogens with two attached hydrogens (primary N) is 1. The van der Waals surface area contributed by atoms with Crippen LogP contribution in [0.25, 0.3) is 0 Å². The van der Waals surface area contributed by atoms with Gasteiger partial charge in [0.2, 0.25) is 5.91 Å². The lowest BCUT2D eigenvalue weighted by Crippen LogP contribution is -2.20. The fraction of sp³-hybridized carbons (Fsp3) is 0.462. The van der Waals surface area contributed by atoms with Gasteiger partial charge in [-0.2, -0.15) is 0 Å². The lowest BCUT2D eigenvalue weighted by molar-refractivity contribution is -0.121. The Morgan fingerprint density at radius 3 is 2.53 bits per heavy atom. The number of anilines is 1. The van der Waals surface area contributed by atoms with Crippen molar-refractivity contribution < 1.29 is 9.53 Å². The van der Waals surface area contributed by atoms with Crippen LogP contribution in [0, 0.1) is 0 Å². The van der Waals surface area contributed by atoms with E-state index in [1.807, 2.05) is 38.1 Å². The van der Waals surface area contributed by atoms with Crippen molar-refractivity contribution in [3.63, 3.8) is 0 Å². The highest BCUT2D eigenvalue weighted by Crippen LogP contribution is 2.09. The van der Waals surface area contributed by atoms with Gasteiger partial charge in [-0.05, 0) is 44.5 Å². The lowest BCUT2D eigenvalue weighted by atomic mass is 10.1. The van der Waals surface area contributed by atoms with Crippen molar-refractivity contribution in [1.82, 2.24) is 0 Å². The van der Waals surface area contributed by atoms with Crippen molar-refractivity contribution >= 4 is 11.6 Å². The maximum atomic E-state index is 11.5. The number of nitrogens with one attached hydrogen (secondary N) is 1. The van der Waals surface area contributed by atoms with E-state index in [0.29, 0.717) is 6.54 Å². The largest absolute Gasteiger partial charge is 0.369 e. The van der Waals surface area contributed by atoms with E-state index >= 15 is 0 Å². The Kier molecular flexibility index (Phi) is 5.66. The summed E-state index contributed by atoms with van der Waals surface area (Å²) in [6.07, 6.45) is 0.915. The minimum absolute atomic E-state index is 0.0627. The second-order valence-electron chi connectivity index (χ2n) is 4.14. The van der Waals surface area contributed by atoms with Crippen molar-refractivity contribution in [3.05, 3.63) is 29.8 Å². The Bertz CT molecular complexity index is 347. The second-order valence-corrected chi connectivity index (χ2v) is 4.14. The Morgan fingerprint density at radius 2 is 2.00 bits per heavy atom. The molecule has 0 unspecified atom stereocenters. The van der Waals surface area contributed by atoms with E-state index in [2.05, 4.69) is 5.32 Å². The molecule has 0 aliphatic heterocycles. The molecule has 94 valence electrons. The monoisotopic (exact) mass is 236 g/mol. The first-order valence-electron chi connectivity index (χ1n) is 5.82. The maximum Gasteiger partial charge on any atom is 0.250 e. The summed E-state index contributed by atoms with van der Waals surface area (Å²) < 4.78 is 5.21. The third-order valence-corrected chi connectivity index (χ3v) is 2.22. The van der Waals surface area contributed by atoms with Gasteiger partial charge in [0.25, 0.3) is 0 Å². The Labute approximate surface area is 102 Å². The van der Waals surface area contributed by atoms with E-state index in [0.717, 1.165) is 12.1 Å². The average Bonchev–Trinajstić information content (AvgIpc) is 2.29. The van der Waals surface area contributed by atoms with Gasteiger partial charge < -0.3 is 15.8 Å². The summed E-state index contributed by atoms with van der Waals surface area (Å²) in [6, 6.07) is 7.67. The van der Waals surface area contributed by atoms with Crippen LogP contribution in [0.1, 0.15) is 19.4 Å². The molecule has 0 aliphatic rings. The number of carbonyl (C=O) groups is 1. The molecule has 0 aliphatic carbocycles. The maximum absolute atomic E-state index is 11.5. The third-order valence-electron chi connectivity index (χ3n) is 2.22. The summed E-state index contributed by atoms with van der Waals surface area (Å²) in [5, 5.41) is 2.77. The molecule has 0 saturated carbocycles. The molecule has 0 atom stereocenters. The Balaban J connectivity index is 2.43. The van der Waals surface area contributed by atoms with Crippen LogP contribution in [0.5, 0.6) is 0 Å². The summed E-state index contributed by atoms with van der Waals surface area (Å²) in [5.74, 6) is -0.134. The molecule has 0 radical (unpaired) electrons. The molecule has 17 heavy (non-hydrogen) atoms. The van der Waals surface area contributed by atoms with Crippen LogP contribution >= 0.6 is 0 Å². The number of hydrogen-bond donors (Lipinski definition) is 2. The molecule has 3 N–H and O–H groups in total. The number of carbonyl (C=O) groups excluding carboxylic acids is 1. The second kappa shape index (κ2) is 7.04. The van der Waals surface area contributed by atoms with Gasteiger partial charge in [0.1, 0.15) is 6.61 Å². The van der Waals surface area contributed by atoms with Crippen LogP contribution in [0.3, 0.4) is 0 Å². The van der Waals surface area contributed by atoms with Crippen LogP contribution in [-0.2, 0) is 16.0 Å². The van der Waals surface area contributed by atoms with Crippen molar-refractivity contribution in [3.8, 4) is 0 Å². The first-order valence-corrected chi connectivity index (χ1v) is 5.82. The first kappa shape index (κ1) is 13.7. The zero-order valence-corrected chi connectivity index (χ0v) is 10.4. The molecule has 0 fully saturated rings. The number of ether oxygens (including phenoxy) is 1. The molecular formula is C13H20N2O2. The van der Waals surface area contributed by atoms with Gasteiger partial charge in [0, 0.05) is 5.69 Å². The van der Waals surface area contributed by atoms with E-state index in [1.165, 1.54) is 5.56 Å². The molecule has 4 nitrogen and oxygen atoms in total. The Morgan fingerprint density at radius 1 is 1.35 bits per heavy atom. The van der Waals surface area contributed by atoms with Crippen molar-refractivity contribution in [2.75, 3.05) is 18.5 Å². The zero-order chi connectivity index (χ0) is 12.7. The van der Waals surface area contributed by atoms with E-state index in [9.17, 15) is 4.79 Å². The van der Waals surface area contributed by atoms with Crippen molar-refractivity contribution in [2.45, 2.75) is 26.4 Å². The molecule has 0 aromatic heterocycles. The van der Waals surface area contributed by atoms with Crippen LogP contribution in [0.4, 0.5) is 5.69 Å². The summed E-state index contributed by atoms with van der Waals surface area (Å²) in [4.78, 5) is 11.5. The van der Waals surface area contributed by atoms with E-state index < -0.39 is 0 Å². The number of hydrogen-bond acceptors (Lipinski definition) is 3. The summed E-state index contributed by atoms with van der Waals surface area (Å²) >= 11 is 0. The van der Waals surface area contributed by atoms with Crippen molar-refractivity contribution in [1.29, 1.82) is 0 Å². The molecule has 0 bridgehead atoms. The molecule has 0 heterocycles. The van der Waals surface area contributed by atoms with Gasteiger partial charge in [-0.15, -0.1) is 0 Å². The molecule has 1 amide bonds. The van der Waals surface area contributed by atoms with Gasteiger partial charge in [0.15, 0.2) is 0 Å². The standard InChI is InChI=1S/C13H20N2O2/c1-10(2)17-9-13(16)15-12-5-3-11(4-6-12)7-8-14/h3-6,10H,7-9,14H2,1-2H3,(H,15,16). The van der Waals surface area contributed by atoms with E-state index in [1.54, 1.807) is 0 Å². The minimum Gasteiger partial charge on any atom is -0.369 e. The SMILES string of the molecule is CC(C)OCC(=O)Nc1ccc(CCN)cc1. The quantitative estimate of drug-likeness (QED) is 0.787. The number of rotatable bonds is 6. The van der Waals surface area contributed by atoms with Gasteiger partial charge in [0.05, 0.1) is 6.10 Å². The molecule has 0 saturated heterocycles. The smallest absolute Gasteiger partial charge is 0.250 e. The molecule has 0 spiro atoms. The molecule has 4 heteroatoms. The van der Waals surface area contributed by atoms with Gasteiger partial charge in [-0.1, -0.05) is 12.1 Å². The van der Waals surface area contributed by atoms with Gasteiger partial charge in [-0.25, -0.2) is 0 Å². The predicted molar refractivity (Wildman–Crippen MR) is 68.9 cm³/mol. The van der Waals surface area contributed by atoms with Crippen molar-refractivity contribution in [2.24, 2.45) is 5.73 Å². The number of benzene rings is 1. The van der Waals surface area contributed by atoms with Gasteiger partial charge in [-0.3, -0.25) is 4.79 Å². The number of amides is 1. The summed E-state index contributed by atoms with van der Waals surface area (Å²) in [5.41, 5.74) is 7.41. The average molecular weight is 236 g/mol. The van der Waals surface area contributed by atoms with Crippen LogP contribution < -0.4 is 11.1 Å². The van der Waals surface area contributed by atoms with Crippen LogP contribution in [0.2, 0.25) is 0 Å². The molecule has 1 rings (SSSR count). The molecular weight excluding hydrogens is 216 g/mol. The topological polar surface area (TPSA) is 64.3 Å². The highest BCUT2D eigenvalue weighted by molar-refractivity contribution is 5.91. The predicted octanol–water partition coefficient (Wildman–Crippen LogP) is 1.55. The highest BCUT2D eigenvalue weighted by Gasteiger charge is 2.03. The van der Waals surface area contributed by atoms with Gasteiger partial charge >= 0.3 is 0 Å². The fourth-order valence-electron chi connectivity index (χ4n) is 1.36. The first-order chi connectivity index (χ1) is 8.11. The highest BCUT2D eigenvalue weighted by atomic mass is 16.5. The molecule has 1 aromatic rings.